The maximum absolute atomic E-state index is 11.8. The van der Waals surface area contributed by atoms with E-state index in [1.165, 1.54) is 6.92 Å². The monoisotopic (exact) mass is 344 g/mol. The smallest absolute Gasteiger partial charge is 0.163 e. The molecular formula is C19H14Cl2O2. The summed E-state index contributed by atoms with van der Waals surface area (Å²) in [4.78, 5) is 11.8. The van der Waals surface area contributed by atoms with E-state index in [0.29, 0.717) is 28.0 Å². The molecule has 0 heterocycles. The van der Waals surface area contributed by atoms with E-state index in [-0.39, 0.29) is 5.78 Å². The number of carbonyl (C=O) groups excluding carboxylic acids is 1. The van der Waals surface area contributed by atoms with Crippen LogP contribution in [0.3, 0.4) is 0 Å². The molecule has 4 heteroatoms. The van der Waals surface area contributed by atoms with Crippen molar-refractivity contribution in [1.82, 2.24) is 0 Å². The molecule has 0 bridgehead atoms. The van der Waals surface area contributed by atoms with E-state index in [9.17, 15) is 4.79 Å². The van der Waals surface area contributed by atoms with Crippen molar-refractivity contribution < 1.29 is 9.53 Å². The number of fused-ring (bicyclic) bond motifs is 1. The Morgan fingerprint density at radius 1 is 1.04 bits per heavy atom. The van der Waals surface area contributed by atoms with Crippen LogP contribution in [0.2, 0.25) is 10.0 Å². The molecule has 0 N–H and O–H groups in total. The number of hydrogen-bond acceptors (Lipinski definition) is 2. The van der Waals surface area contributed by atoms with Gasteiger partial charge in [-0.25, -0.2) is 0 Å². The fourth-order valence-corrected chi connectivity index (χ4v) is 3.08. The Balaban J connectivity index is 1.96. The highest BCUT2D eigenvalue weighted by Crippen LogP contribution is 2.33. The third-order valence-corrected chi connectivity index (χ3v) is 4.14. The number of hydrogen-bond donors (Lipinski definition) is 0. The van der Waals surface area contributed by atoms with Crippen molar-refractivity contribution >= 4 is 39.8 Å². The lowest BCUT2D eigenvalue weighted by atomic mass is 10.1. The lowest BCUT2D eigenvalue weighted by molar-refractivity contribution is 0.101. The maximum atomic E-state index is 11.8. The van der Waals surface area contributed by atoms with Crippen molar-refractivity contribution in [2.75, 3.05) is 0 Å². The molecule has 0 aliphatic rings. The van der Waals surface area contributed by atoms with Gasteiger partial charge in [-0.2, -0.15) is 0 Å². The predicted octanol–water partition coefficient (Wildman–Crippen LogP) is 5.93. The second kappa shape index (κ2) is 6.61. The number of carbonyl (C=O) groups is 1. The second-order valence-corrected chi connectivity index (χ2v) is 6.09. The second-order valence-electron chi connectivity index (χ2n) is 5.25. The Labute approximate surface area is 144 Å². The number of rotatable bonds is 4. The molecule has 0 aromatic heterocycles. The number of Topliss-reactive ketones (excluding diaryl/α,β-unsaturated/α-hetero) is 1. The zero-order valence-electron chi connectivity index (χ0n) is 12.5. The van der Waals surface area contributed by atoms with E-state index in [0.717, 1.165) is 16.3 Å². The van der Waals surface area contributed by atoms with Crippen LogP contribution in [0, 0.1) is 0 Å². The summed E-state index contributed by atoms with van der Waals surface area (Å²) >= 11 is 12.2. The van der Waals surface area contributed by atoms with Gasteiger partial charge in [-0.1, -0.05) is 65.7 Å². The normalized spacial score (nSPS) is 10.7. The summed E-state index contributed by atoms with van der Waals surface area (Å²) in [6.07, 6.45) is 0. The first-order valence-electron chi connectivity index (χ1n) is 7.15. The zero-order valence-corrected chi connectivity index (χ0v) is 14.0. The molecule has 0 unspecified atom stereocenters. The van der Waals surface area contributed by atoms with Crippen LogP contribution < -0.4 is 4.74 Å². The molecule has 0 amide bonds. The first-order valence-corrected chi connectivity index (χ1v) is 7.91. The summed E-state index contributed by atoms with van der Waals surface area (Å²) in [5.41, 5.74) is 1.42. The van der Waals surface area contributed by atoms with Gasteiger partial charge in [-0.3, -0.25) is 4.79 Å². The van der Waals surface area contributed by atoms with Gasteiger partial charge in [0.05, 0.1) is 10.6 Å². The Bertz CT molecular complexity index is 882. The minimum Gasteiger partial charge on any atom is -0.487 e. The van der Waals surface area contributed by atoms with Gasteiger partial charge in [0.25, 0.3) is 0 Å². The molecule has 0 aliphatic carbocycles. The topological polar surface area (TPSA) is 26.3 Å². The molecule has 3 aromatic carbocycles. The predicted molar refractivity (Wildman–Crippen MR) is 94.7 cm³/mol. The van der Waals surface area contributed by atoms with Crippen LogP contribution in [0.1, 0.15) is 22.8 Å². The van der Waals surface area contributed by atoms with Crippen molar-refractivity contribution in [3.05, 3.63) is 75.8 Å². The number of halogens is 2. The van der Waals surface area contributed by atoms with E-state index in [2.05, 4.69) is 12.1 Å². The average Bonchev–Trinajstić information content (AvgIpc) is 2.53. The highest BCUT2D eigenvalue weighted by molar-refractivity contribution is 6.36. The van der Waals surface area contributed by atoms with Gasteiger partial charge in [-0.05, 0) is 35.4 Å². The lowest BCUT2D eigenvalue weighted by Crippen LogP contribution is -2.03. The molecule has 0 aliphatic heterocycles. The minimum absolute atomic E-state index is 0.137. The first-order chi connectivity index (χ1) is 11.1. The third-order valence-electron chi connectivity index (χ3n) is 3.64. The van der Waals surface area contributed by atoms with Crippen molar-refractivity contribution in [3.8, 4) is 5.75 Å². The molecule has 0 saturated heterocycles. The third kappa shape index (κ3) is 3.34. The van der Waals surface area contributed by atoms with Crippen molar-refractivity contribution in [2.45, 2.75) is 13.5 Å². The van der Waals surface area contributed by atoms with Crippen LogP contribution in [0.5, 0.6) is 5.75 Å². The minimum atomic E-state index is -0.137. The fourth-order valence-electron chi connectivity index (χ4n) is 2.54. The van der Waals surface area contributed by atoms with Gasteiger partial charge in [-0.15, -0.1) is 0 Å². The van der Waals surface area contributed by atoms with Gasteiger partial charge in [0.15, 0.2) is 5.78 Å². The molecular weight excluding hydrogens is 331 g/mol. The number of ether oxygens (including phenoxy) is 1. The van der Waals surface area contributed by atoms with Crippen molar-refractivity contribution in [3.63, 3.8) is 0 Å². The molecule has 116 valence electrons. The molecule has 23 heavy (non-hydrogen) atoms. The Hall–Kier alpha value is -2.03. The lowest BCUT2D eigenvalue weighted by Gasteiger charge is -2.13. The molecule has 0 fully saturated rings. The van der Waals surface area contributed by atoms with Crippen LogP contribution >= 0.6 is 23.2 Å². The standard InChI is InChI=1S/C19H14Cl2O2/c1-12(22)17-9-15(20)10-18(21)19(17)23-11-14-7-4-6-13-5-2-3-8-16(13)14/h2-10H,11H2,1H3. The highest BCUT2D eigenvalue weighted by atomic mass is 35.5. The van der Waals surface area contributed by atoms with E-state index < -0.39 is 0 Å². The highest BCUT2D eigenvalue weighted by Gasteiger charge is 2.15. The Morgan fingerprint density at radius 3 is 2.57 bits per heavy atom. The van der Waals surface area contributed by atoms with Crippen molar-refractivity contribution in [1.29, 1.82) is 0 Å². The zero-order chi connectivity index (χ0) is 16.4. The summed E-state index contributed by atoms with van der Waals surface area (Å²) in [7, 11) is 0. The number of benzene rings is 3. The molecule has 0 atom stereocenters. The van der Waals surface area contributed by atoms with Gasteiger partial charge >= 0.3 is 0 Å². The largest absolute Gasteiger partial charge is 0.487 e. The average molecular weight is 345 g/mol. The summed E-state index contributed by atoms with van der Waals surface area (Å²) in [5, 5.41) is 3.01. The summed E-state index contributed by atoms with van der Waals surface area (Å²) in [6.45, 7) is 1.79. The van der Waals surface area contributed by atoms with E-state index >= 15 is 0 Å². The maximum Gasteiger partial charge on any atom is 0.163 e. The molecule has 0 spiro atoms. The van der Waals surface area contributed by atoms with Crippen LogP contribution in [-0.4, -0.2) is 5.78 Å². The summed E-state index contributed by atoms with van der Waals surface area (Å²) in [6, 6.07) is 17.3. The van der Waals surface area contributed by atoms with Gasteiger partial charge in [0.1, 0.15) is 12.4 Å². The molecule has 2 nitrogen and oxygen atoms in total. The van der Waals surface area contributed by atoms with E-state index in [4.69, 9.17) is 27.9 Å². The molecule has 3 rings (SSSR count). The fraction of sp³-hybridized carbons (Fsp3) is 0.105. The van der Waals surface area contributed by atoms with Gasteiger partial charge < -0.3 is 4.74 Å². The molecule has 3 aromatic rings. The Morgan fingerprint density at radius 2 is 1.78 bits per heavy atom. The SMILES string of the molecule is CC(=O)c1cc(Cl)cc(Cl)c1OCc1cccc2ccccc12. The quantitative estimate of drug-likeness (QED) is 0.548. The van der Waals surface area contributed by atoms with Crippen LogP contribution in [0.4, 0.5) is 0 Å². The van der Waals surface area contributed by atoms with Crippen molar-refractivity contribution in [2.24, 2.45) is 0 Å². The van der Waals surface area contributed by atoms with Crippen LogP contribution in [-0.2, 0) is 6.61 Å². The first kappa shape index (κ1) is 15.9. The van der Waals surface area contributed by atoms with Crippen LogP contribution in [0.15, 0.2) is 54.6 Å². The van der Waals surface area contributed by atoms with Crippen LogP contribution in [0.25, 0.3) is 10.8 Å². The van der Waals surface area contributed by atoms with E-state index in [1.54, 1.807) is 12.1 Å². The summed E-state index contributed by atoms with van der Waals surface area (Å²) in [5.74, 6) is 0.235. The summed E-state index contributed by atoms with van der Waals surface area (Å²) < 4.78 is 5.87. The van der Waals surface area contributed by atoms with E-state index in [1.807, 2.05) is 30.3 Å². The Kier molecular flexibility index (Phi) is 4.56. The van der Waals surface area contributed by atoms with Gasteiger partial charge in [0, 0.05) is 5.02 Å². The molecule has 0 saturated carbocycles. The van der Waals surface area contributed by atoms with Gasteiger partial charge in [0.2, 0.25) is 0 Å². The molecule has 0 radical (unpaired) electrons. The number of ketones is 1.